The van der Waals surface area contributed by atoms with Gasteiger partial charge in [0.1, 0.15) is 0 Å². The molecule has 0 saturated heterocycles. The van der Waals surface area contributed by atoms with E-state index in [0.29, 0.717) is 0 Å². The highest BCUT2D eigenvalue weighted by atomic mass is 32.1. The number of nitrogens with zero attached hydrogens (tertiary/aromatic N) is 1. The summed E-state index contributed by atoms with van der Waals surface area (Å²) in [5.41, 5.74) is 0.997. The van der Waals surface area contributed by atoms with Crippen LogP contribution in [0.1, 0.15) is 47.6 Å². The smallest absolute Gasteiger partial charge is 0.171 e. The molecule has 0 radical (unpaired) electrons. The summed E-state index contributed by atoms with van der Waals surface area (Å²) in [6, 6.07) is 0. The highest BCUT2D eigenvalue weighted by Gasteiger charge is 2.12. The van der Waals surface area contributed by atoms with Crippen molar-refractivity contribution in [2.24, 2.45) is 0 Å². The topological polar surface area (TPSA) is 30.0 Å². The molecule has 0 bridgehead atoms. The first-order valence-corrected chi connectivity index (χ1v) is 5.50. The van der Waals surface area contributed by atoms with Crippen molar-refractivity contribution < 1.29 is 4.79 Å². The number of carbonyl (C=O) groups is 1. The number of Topliss-reactive ketones (excluding diaryl/α,β-unsaturated/α-hetero) is 1. The number of ketones is 1. The van der Waals surface area contributed by atoms with Gasteiger partial charge in [0.05, 0.1) is 15.6 Å². The van der Waals surface area contributed by atoms with E-state index in [0.717, 1.165) is 34.8 Å². The minimum Gasteiger partial charge on any atom is -0.294 e. The van der Waals surface area contributed by atoms with Gasteiger partial charge in [-0.25, -0.2) is 4.98 Å². The molecule has 1 aromatic heterocycles. The normalized spacial score (nSPS) is 10.4. The highest BCUT2D eigenvalue weighted by molar-refractivity contribution is 7.13. The third-order valence-electron chi connectivity index (χ3n) is 1.85. The molecule has 0 aliphatic carbocycles. The van der Waals surface area contributed by atoms with Gasteiger partial charge >= 0.3 is 0 Å². The van der Waals surface area contributed by atoms with Crippen LogP contribution in [-0.4, -0.2) is 10.8 Å². The summed E-state index contributed by atoms with van der Waals surface area (Å²) in [5.74, 6) is 0.153. The van der Waals surface area contributed by atoms with Crippen molar-refractivity contribution in [2.45, 2.75) is 40.0 Å². The maximum Gasteiger partial charge on any atom is 0.171 e. The maximum atomic E-state index is 11.2. The Balaban J connectivity index is 3.00. The van der Waals surface area contributed by atoms with E-state index in [1.165, 1.54) is 0 Å². The predicted octanol–water partition coefficient (Wildman–Crippen LogP) is 2.86. The molecule has 0 N–H and O–H groups in total. The van der Waals surface area contributed by atoms with Gasteiger partial charge in [0.15, 0.2) is 5.78 Å². The van der Waals surface area contributed by atoms with Crippen LogP contribution in [0.4, 0.5) is 0 Å². The largest absolute Gasteiger partial charge is 0.294 e. The van der Waals surface area contributed by atoms with Crippen LogP contribution in [0.5, 0.6) is 0 Å². The Hall–Kier alpha value is -0.700. The van der Waals surface area contributed by atoms with Crippen molar-refractivity contribution in [1.82, 2.24) is 4.98 Å². The number of rotatable bonds is 4. The van der Waals surface area contributed by atoms with E-state index in [1.807, 2.05) is 0 Å². The Labute approximate surface area is 83.0 Å². The summed E-state index contributed by atoms with van der Waals surface area (Å²) < 4.78 is 0. The second-order valence-corrected chi connectivity index (χ2v) is 4.13. The Morgan fingerprint density at radius 3 is 2.62 bits per heavy atom. The third kappa shape index (κ3) is 2.37. The fourth-order valence-corrected chi connectivity index (χ4v) is 2.18. The molecule has 0 aliphatic rings. The molecule has 72 valence electrons. The Kier molecular flexibility index (Phi) is 3.60. The van der Waals surface area contributed by atoms with Crippen LogP contribution in [0.2, 0.25) is 0 Å². The molecule has 0 atom stereocenters. The van der Waals surface area contributed by atoms with E-state index in [-0.39, 0.29) is 5.78 Å². The molecular formula is C10H15NOS. The lowest BCUT2D eigenvalue weighted by molar-refractivity contribution is 0.102. The Bertz CT molecular complexity index is 304. The van der Waals surface area contributed by atoms with Gasteiger partial charge in [-0.15, -0.1) is 11.3 Å². The summed E-state index contributed by atoms with van der Waals surface area (Å²) in [6.07, 6.45) is 2.90. The lowest BCUT2D eigenvalue weighted by Crippen LogP contribution is -1.95. The molecule has 0 saturated carbocycles. The van der Waals surface area contributed by atoms with Crippen molar-refractivity contribution in [1.29, 1.82) is 0 Å². The molecule has 0 aliphatic heterocycles. The van der Waals surface area contributed by atoms with Gasteiger partial charge in [0.25, 0.3) is 0 Å². The molecule has 2 nitrogen and oxygen atoms in total. The number of hydrogen-bond acceptors (Lipinski definition) is 3. The summed E-state index contributed by atoms with van der Waals surface area (Å²) in [5, 5.41) is 1.08. The maximum absolute atomic E-state index is 11.2. The Morgan fingerprint density at radius 1 is 1.46 bits per heavy atom. The second kappa shape index (κ2) is 4.51. The molecule has 3 heteroatoms. The van der Waals surface area contributed by atoms with Crippen molar-refractivity contribution in [3.8, 4) is 0 Å². The molecule has 1 rings (SSSR count). The summed E-state index contributed by atoms with van der Waals surface area (Å²) in [6.45, 7) is 5.79. The van der Waals surface area contributed by atoms with Gasteiger partial charge < -0.3 is 0 Å². The van der Waals surface area contributed by atoms with Crippen LogP contribution in [0.25, 0.3) is 0 Å². The zero-order valence-corrected chi connectivity index (χ0v) is 9.20. The molecular weight excluding hydrogens is 182 g/mol. The SMILES string of the molecule is CCCc1nc(CC)sc1C(C)=O. The van der Waals surface area contributed by atoms with Crippen LogP contribution >= 0.6 is 11.3 Å². The highest BCUT2D eigenvalue weighted by Crippen LogP contribution is 2.20. The second-order valence-electron chi connectivity index (χ2n) is 3.04. The Morgan fingerprint density at radius 2 is 2.15 bits per heavy atom. The minimum atomic E-state index is 0.153. The van der Waals surface area contributed by atoms with E-state index in [2.05, 4.69) is 18.8 Å². The number of hydrogen-bond donors (Lipinski definition) is 0. The third-order valence-corrected chi connectivity index (χ3v) is 3.19. The molecule has 0 aromatic carbocycles. The van der Waals surface area contributed by atoms with E-state index in [4.69, 9.17) is 0 Å². The van der Waals surface area contributed by atoms with Crippen molar-refractivity contribution in [3.05, 3.63) is 15.6 Å². The van der Waals surface area contributed by atoms with Gasteiger partial charge in [-0.05, 0) is 12.8 Å². The molecule has 0 fully saturated rings. The lowest BCUT2D eigenvalue weighted by Gasteiger charge is -1.93. The first-order valence-electron chi connectivity index (χ1n) is 4.68. The molecule has 13 heavy (non-hydrogen) atoms. The standard InChI is InChI=1S/C10H15NOS/c1-4-6-8-10(7(3)12)13-9(5-2)11-8/h4-6H2,1-3H3. The fourth-order valence-electron chi connectivity index (χ4n) is 1.23. The number of aromatic nitrogens is 1. The quantitative estimate of drug-likeness (QED) is 0.695. The molecule has 0 spiro atoms. The summed E-state index contributed by atoms with van der Waals surface area (Å²) in [7, 11) is 0. The summed E-state index contributed by atoms with van der Waals surface area (Å²) >= 11 is 1.55. The van der Waals surface area contributed by atoms with Crippen LogP contribution in [-0.2, 0) is 12.8 Å². The van der Waals surface area contributed by atoms with Gasteiger partial charge in [-0.1, -0.05) is 20.3 Å². The van der Waals surface area contributed by atoms with Crippen LogP contribution in [0.3, 0.4) is 0 Å². The van der Waals surface area contributed by atoms with Crippen molar-refractivity contribution >= 4 is 17.1 Å². The van der Waals surface area contributed by atoms with Crippen molar-refractivity contribution in [2.75, 3.05) is 0 Å². The predicted molar refractivity (Wildman–Crippen MR) is 55.5 cm³/mol. The first kappa shape index (κ1) is 10.4. The van der Waals surface area contributed by atoms with Crippen molar-refractivity contribution in [3.63, 3.8) is 0 Å². The lowest BCUT2D eigenvalue weighted by atomic mass is 10.2. The minimum absolute atomic E-state index is 0.153. The number of carbonyl (C=O) groups excluding carboxylic acids is 1. The average molecular weight is 197 g/mol. The van der Waals surface area contributed by atoms with Gasteiger partial charge in [-0.2, -0.15) is 0 Å². The molecule has 1 aromatic rings. The van der Waals surface area contributed by atoms with Crippen LogP contribution < -0.4 is 0 Å². The van der Waals surface area contributed by atoms with Crippen LogP contribution in [0.15, 0.2) is 0 Å². The zero-order chi connectivity index (χ0) is 9.84. The summed E-state index contributed by atoms with van der Waals surface area (Å²) in [4.78, 5) is 16.5. The number of aryl methyl sites for hydroxylation is 2. The first-order chi connectivity index (χ1) is 6.19. The molecule has 1 heterocycles. The van der Waals surface area contributed by atoms with Crippen LogP contribution in [0, 0.1) is 0 Å². The van der Waals surface area contributed by atoms with Gasteiger partial charge in [-0.3, -0.25) is 4.79 Å². The average Bonchev–Trinajstić information content (AvgIpc) is 2.48. The van der Waals surface area contributed by atoms with Gasteiger partial charge in [0, 0.05) is 6.92 Å². The van der Waals surface area contributed by atoms with E-state index < -0.39 is 0 Å². The zero-order valence-electron chi connectivity index (χ0n) is 8.39. The molecule has 0 amide bonds. The fraction of sp³-hybridized carbons (Fsp3) is 0.600. The van der Waals surface area contributed by atoms with Gasteiger partial charge in [0.2, 0.25) is 0 Å². The van der Waals surface area contributed by atoms with E-state index in [9.17, 15) is 4.79 Å². The molecule has 0 unspecified atom stereocenters. The van der Waals surface area contributed by atoms with E-state index >= 15 is 0 Å². The monoisotopic (exact) mass is 197 g/mol. The number of thiazole rings is 1. The van der Waals surface area contributed by atoms with E-state index in [1.54, 1.807) is 18.3 Å².